The van der Waals surface area contributed by atoms with Crippen LogP contribution in [0.1, 0.15) is 44.9 Å². The summed E-state index contributed by atoms with van der Waals surface area (Å²) in [5, 5.41) is 6.60. The second-order valence-electron chi connectivity index (χ2n) is 6.61. The minimum Gasteiger partial charge on any atom is -0.382 e. The number of nitrogens with one attached hydrogen (secondary N) is 2. The highest BCUT2D eigenvalue weighted by atomic mass is 35.5. The Bertz CT molecular complexity index is 570. The monoisotopic (exact) mass is 352 g/mol. The van der Waals surface area contributed by atoms with Crippen LogP contribution in [0.5, 0.6) is 0 Å². The Labute approximate surface area is 147 Å². The summed E-state index contributed by atoms with van der Waals surface area (Å²) < 4.78 is 0. The van der Waals surface area contributed by atoms with Crippen LogP contribution in [0.2, 0.25) is 5.02 Å². The first-order valence-corrected chi connectivity index (χ1v) is 9.09. The summed E-state index contributed by atoms with van der Waals surface area (Å²) in [4.78, 5) is 22.3. The third kappa shape index (κ3) is 4.20. The van der Waals surface area contributed by atoms with Crippen molar-refractivity contribution < 1.29 is 4.79 Å². The lowest BCUT2D eigenvalue weighted by molar-refractivity contribution is 0.226. The van der Waals surface area contributed by atoms with Crippen molar-refractivity contribution in [3.05, 3.63) is 11.3 Å². The normalized spacial score (nSPS) is 20.0. The topological polar surface area (TPSA) is 96.2 Å². The van der Waals surface area contributed by atoms with Crippen LogP contribution in [0, 0.1) is 0 Å². The van der Waals surface area contributed by atoms with Crippen LogP contribution >= 0.6 is 11.6 Å². The van der Waals surface area contributed by atoms with E-state index in [1.807, 2.05) is 0 Å². The first kappa shape index (κ1) is 17.1. The van der Waals surface area contributed by atoms with Gasteiger partial charge in [0.05, 0.1) is 0 Å². The number of amides is 2. The van der Waals surface area contributed by atoms with E-state index in [2.05, 4.69) is 25.5 Å². The van der Waals surface area contributed by atoms with Crippen molar-refractivity contribution in [2.75, 3.05) is 23.7 Å². The lowest BCUT2D eigenvalue weighted by Crippen LogP contribution is -2.50. The summed E-state index contributed by atoms with van der Waals surface area (Å²) in [5.74, 6) is 0.975. The number of anilines is 2. The molecule has 3 rings (SSSR count). The number of hydrogen-bond acceptors (Lipinski definition) is 5. The summed E-state index contributed by atoms with van der Waals surface area (Å²) in [6.07, 6.45) is 9.06. The molecule has 0 aromatic carbocycles. The SMILES string of the molecule is Nc1ncnc(N2CCC(NC(=O)NC3CCCCC3)CC2)c1Cl. The van der Waals surface area contributed by atoms with Gasteiger partial charge in [0.2, 0.25) is 0 Å². The molecule has 0 atom stereocenters. The minimum atomic E-state index is -0.0373. The van der Waals surface area contributed by atoms with E-state index >= 15 is 0 Å². The van der Waals surface area contributed by atoms with E-state index in [1.165, 1.54) is 25.6 Å². The molecular weight excluding hydrogens is 328 g/mol. The number of carbonyl (C=O) groups is 1. The third-order valence-electron chi connectivity index (χ3n) is 4.87. The van der Waals surface area contributed by atoms with Crippen LogP contribution in [-0.2, 0) is 0 Å². The van der Waals surface area contributed by atoms with E-state index in [9.17, 15) is 4.79 Å². The van der Waals surface area contributed by atoms with Gasteiger partial charge in [-0.1, -0.05) is 30.9 Å². The molecule has 7 nitrogen and oxygen atoms in total. The Kier molecular flexibility index (Phi) is 5.60. The van der Waals surface area contributed by atoms with Crippen LogP contribution in [-0.4, -0.2) is 41.2 Å². The molecule has 1 aliphatic heterocycles. The predicted molar refractivity (Wildman–Crippen MR) is 95.2 cm³/mol. The summed E-state index contributed by atoms with van der Waals surface area (Å²) in [5.41, 5.74) is 5.73. The number of nitrogens with zero attached hydrogens (tertiary/aromatic N) is 3. The Morgan fingerprint density at radius 2 is 1.71 bits per heavy atom. The van der Waals surface area contributed by atoms with Gasteiger partial charge in [-0.05, 0) is 25.7 Å². The number of piperidine rings is 1. The average molecular weight is 353 g/mol. The second kappa shape index (κ2) is 7.88. The molecule has 1 aliphatic carbocycles. The van der Waals surface area contributed by atoms with Crippen molar-refractivity contribution in [1.82, 2.24) is 20.6 Å². The molecule has 2 aliphatic rings. The molecule has 1 saturated heterocycles. The number of nitrogen functional groups attached to an aromatic ring is 1. The fourth-order valence-corrected chi connectivity index (χ4v) is 3.71. The Hall–Kier alpha value is -1.76. The lowest BCUT2D eigenvalue weighted by Gasteiger charge is -2.34. The van der Waals surface area contributed by atoms with Gasteiger partial charge < -0.3 is 21.3 Å². The van der Waals surface area contributed by atoms with Gasteiger partial charge >= 0.3 is 6.03 Å². The molecule has 1 saturated carbocycles. The number of hydrogen-bond donors (Lipinski definition) is 3. The Morgan fingerprint density at radius 1 is 1.08 bits per heavy atom. The zero-order chi connectivity index (χ0) is 16.9. The Balaban J connectivity index is 1.46. The maximum Gasteiger partial charge on any atom is 0.315 e. The van der Waals surface area contributed by atoms with Crippen molar-refractivity contribution in [1.29, 1.82) is 0 Å². The van der Waals surface area contributed by atoms with Crippen molar-refractivity contribution in [3.63, 3.8) is 0 Å². The molecule has 8 heteroatoms. The van der Waals surface area contributed by atoms with E-state index in [1.54, 1.807) is 0 Å². The molecule has 2 fully saturated rings. The van der Waals surface area contributed by atoms with Gasteiger partial charge in [-0.3, -0.25) is 0 Å². The molecule has 1 aromatic heterocycles. The van der Waals surface area contributed by atoms with Crippen LogP contribution in [0.25, 0.3) is 0 Å². The predicted octanol–water partition coefficient (Wildman–Crippen LogP) is 2.31. The first-order valence-electron chi connectivity index (χ1n) is 8.71. The van der Waals surface area contributed by atoms with Crippen molar-refractivity contribution in [2.45, 2.75) is 57.0 Å². The lowest BCUT2D eigenvalue weighted by atomic mass is 9.96. The van der Waals surface area contributed by atoms with Crippen LogP contribution in [0.4, 0.5) is 16.4 Å². The number of rotatable bonds is 3. The average Bonchev–Trinajstić information content (AvgIpc) is 2.59. The maximum atomic E-state index is 12.1. The molecule has 132 valence electrons. The zero-order valence-electron chi connectivity index (χ0n) is 13.8. The van der Waals surface area contributed by atoms with Crippen molar-refractivity contribution >= 4 is 29.3 Å². The number of aromatic nitrogens is 2. The highest BCUT2D eigenvalue weighted by Crippen LogP contribution is 2.28. The first-order chi connectivity index (χ1) is 11.6. The highest BCUT2D eigenvalue weighted by molar-refractivity contribution is 6.35. The molecule has 2 amide bonds. The Morgan fingerprint density at radius 3 is 2.38 bits per heavy atom. The quantitative estimate of drug-likeness (QED) is 0.775. The van der Waals surface area contributed by atoms with Gasteiger partial charge in [0, 0.05) is 25.2 Å². The smallest absolute Gasteiger partial charge is 0.315 e. The van der Waals surface area contributed by atoms with E-state index in [4.69, 9.17) is 17.3 Å². The van der Waals surface area contributed by atoms with E-state index in [-0.39, 0.29) is 12.1 Å². The van der Waals surface area contributed by atoms with E-state index < -0.39 is 0 Å². The maximum absolute atomic E-state index is 12.1. The fraction of sp³-hybridized carbons (Fsp3) is 0.688. The second-order valence-corrected chi connectivity index (χ2v) is 6.99. The van der Waals surface area contributed by atoms with Crippen molar-refractivity contribution in [3.8, 4) is 0 Å². The van der Waals surface area contributed by atoms with Gasteiger partial charge in [-0.2, -0.15) is 0 Å². The number of carbonyl (C=O) groups excluding carboxylic acids is 1. The number of halogens is 1. The summed E-state index contributed by atoms with van der Waals surface area (Å²) in [6, 6.07) is 0.481. The molecular formula is C16H25ClN6O. The molecule has 0 spiro atoms. The molecule has 24 heavy (non-hydrogen) atoms. The summed E-state index contributed by atoms with van der Waals surface area (Å²) in [6.45, 7) is 1.56. The van der Waals surface area contributed by atoms with Crippen LogP contribution in [0.15, 0.2) is 6.33 Å². The third-order valence-corrected chi connectivity index (χ3v) is 5.23. The van der Waals surface area contributed by atoms with E-state index in [0.29, 0.717) is 22.7 Å². The molecule has 0 unspecified atom stereocenters. The molecule has 0 radical (unpaired) electrons. The zero-order valence-corrected chi connectivity index (χ0v) is 14.6. The van der Waals surface area contributed by atoms with Gasteiger partial charge in [0.15, 0.2) is 5.82 Å². The number of urea groups is 1. The number of nitrogens with two attached hydrogens (primary N) is 1. The highest BCUT2D eigenvalue weighted by Gasteiger charge is 2.24. The van der Waals surface area contributed by atoms with Crippen LogP contribution < -0.4 is 21.3 Å². The standard InChI is InChI=1S/C16H25ClN6O/c17-13-14(18)19-10-20-15(13)23-8-6-12(7-9-23)22-16(24)21-11-4-2-1-3-5-11/h10-12H,1-9H2,(H2,18,19,20)(H2,21,22,24). The summed E-state index contributed by atoms with van der Waals surface area (Å²) in [7, 11) is 0. The molecule has 2 heterocycles. The van der Waals surface area contributed by atoms with E-state index in [0.717, 1.165) is 38.8 Å². The molecule has 4 N–H and O–H groups in total. The minimum absolute atomic E-state index is 0.0373. The van der Waals surface area contributed by atoms with Gasteiger partial charge in [0.25, 0.3) is 0 Å². The summed E-state index contributed by atoms with van der Waals surface area (Å²) >= 11 is 6.18. The van der Waals surface area contributed by atoms with Crippen molar-refractivity contribution in [2.24, 2.45) is 0 Å². The van der Waals surface area contributed by atoms with Gasteiger partial charge in [-0.25, -0.2) is 14.8 Å². The molecule has 1 aromatic rings. The largest absolute Gasteiger partial charge is 0.382 e. The fourth-order valence-electron chi connectivity index (χ4n) is 3.49. The van der Waals surface area contributed by atoms with Gasteiger partial charge in [0.1, 0.15) is 17.2 Å². The van der Waals surface area contributed by atoms with Crippen LogP contribution in [0.3, 0.4) is 0 Å². The van der Waals surface area contributed by atoms with Gasteiger partial charge in [-0.15, -0.1) is 0 Å². The molecule has 0 bridgehead atoms.